The van der Waals surface area contributed by atoms with Crippen molar-refractivity contribution in [1.29, 1.82) is 0 Å². The number of aromatic nitrogens is 3. The van der Waals surface area contributed by atoms with Gasteiger partial charge >= 0.3 is 0 Å². The Hall–Kier alpha value is -5.19. The zero-order valence-corrected chi connectivity index (χ0v) is 25.3. The predicted octanol–water partition coefficient (Wildman–Crippen LogP) is 10.6. The van der Waals surface area contributed by atoms with Crippen molar-refractivity contribution in [3.8, 4) is 66.2 Å². The molecule has 3 nitrogen and oxygen atoms in total. The molecule has 8 rings (SSSR count). The van der Waals surface area contributed by atoms with Crippen molar-refractivity contribution < 1.29 is 0 Å². The molecule has 7 aromatic rings. The summed E-state index contributed by atoms with van der Waals surface area (Å²) >= 11 is 1.90. The van der Waals surface area contributed by atoms with Crippen LogP contribution in [-0.2, 0) is 5.41 Å². The van der Waals surface area contributed by atoms with Gasteiger partial charge in [-0.3, -0.25) is 0 Å². The van der Waals surface area contributed by atoms with Crippen molar-refractivity contribution >= 4 is 11.3 Å². The van der Waals surface area contributed by atoms with E-state index in [9.17, 15) is 0 Å². The van der Waals surface area contributed by atoms with Gasteiger partial charge in [0, 0.05) is 37.4 Å². The van der Waals surface area contributed by atoms with Crippen LogP contribution in [0.1, 0.15) is 25.0 Å². The van der Waals surface area contributed by atoms with Crippen LogP contribution in [0.15, 0.2) is 140 Å². The molecule has 4 heteroatoms. The molecule has 0 fully saturated rings. The number of rotatable bonds is 5. The highest BCUT2D eigenvalue weighted by Gasteiger charge is 2.39. The topological polar surface area (TPSA) is 38.7 Å². The smallest absolute Gasteiger partial charge is 0.164 e. The zero-order chi connectivity index (χ0) is 29.7. The molecule has 2 aromatic heterocycles. The van der Waals surface area contributed by atoms with E-state index in [0.29, 0.717) is 17.5 Å². The number of fused-ring (bicyclic) bond motifs is 3. The highest BCUT2D eigenvalue weighted by molar-refractivity contribution is 7.19. The van der Waals surface area contributed by atoms with E-state index < -0.39 is 0 Å². The maximum atomic E-state index is 4.98. The summed E-state index contributed by atoms with van der Waals surface area (Å²) in [5, 5.41) is 0. The predicted molar refractivity (Wildman–Crippen MR) is 182 cm³/mol. The molecule has 2 heterocycles. The first-order valence-corrected chi connectivity index (χ1v) is 15.7. The van der Waals surface area contributed by atoms with Gasteiger partial charge in [0.2, 0.25) is 0 Å². The monoisotopic (exact) mass is 583 g/mol. The van der Waals surface area contributed by atoms with Crippen molar-refractivity contribution in [1.82, 2.24) is 15.0 Å². The molecule has 44 heavy (non-hydrogen) atoms. The first-order chi connectivity index (χ1) is 21.6. The van der Waals surface area contributed by atoms with Crippen molar-refractivity contribution in [3.63, 3.8) is 0 Å². The Morgan fingerprint density at radius 2 is 0.955 bits per heavy atom. The fraction of sp³-hybridized carbons (Fsp3) is 0.0750. The van der Waals surface area contributed by atoms with Gasteiger partial charge in [-0.25, -0.2) is 15.0 Å². The Kier molecular flexibility index (Phi) is 6.32. The molecular weight excluding hydrogens is 555 g/mol. The van der Waals surface area contributed by atoms with E-state index >= 15 is 0 Å². The van der Waals surface area contributed by atoms with Crippen LogP contribution in [0.3, 0.4) is 0 Å². The lowest BCUT2D eigenvalue weighted by molar-refractivity contribution is 0.662. The van der Waals surface area contributed by atoms with E-state index in [1.165, 1.54) is 37.6 Å². The molecule has 0 unspecified atom stereocenters. The molecule has 0 bridgehead atoms. The summed E-state index contributed by atoms with van der Waals surface area (Å²) in [5.41, 5.74) is 10.6. The quantitative estimate of drug-likeness (QED) is 0.202. The van der Waals surface area contributed by atoms with Gasteiger partial charge in [0.25, 0.3) is 0 Å². The molecule has 0 aliphatic heterocycles. The average molecular weight is 584 g/mol. The molecule has 0 radical (unpaired) electrons. The first kappa shape index (κ1) is 26.4. The molecule has 0 saturated heterocycles. The summed E-state index contributed by atoms with van der Waals surface area (Å²) in [5.74, 6) is 1.99. The summed E-state index contributed by atoms with van der Waals surface area (Å²) in [6.07, 6.45) is 0. The Morgan fingerprint density at radius 3 is 1.57 bits per heavy atom. The molecule has 0 spiro atoms. The Labute approximate surface area is 261 Å². The highest BCUT2D eigenvalue weighted by Crippen LogP contribution is 2.56. The van der Waals surface area contributed by atoms with Gasteiger partial charge in [-0.1, -0.05) is 141 Å². The van der Waals surface area contributed by atoms with Crippen LogP contribution in [0, 0.1) is 0 Å². The van der Waals surface area contributed by atoms with Gasteiger partial charge in [0.05, 0.1) is 0 Å². The van der Waals surface area contributed by atoms with Crippen molar-refractivity contribution in [2.24, 2.45) is 0 Å². The number of thiophene rings is 1. The summed E-state index contributed by atoms with van der Waals surface area (Å²) in [6, 6.07) is 48.7. The maximum absolute atomic E-state index is 4.98. The minimum Gasteiger partial charge on any atom is -0.208 e. The van der Waals surface area contributed by atoms with Crippen molar-refractivity contribution in [2.75, 3.05) is 0 Å². The standard InChI is InChI=1S/C40H29N3S/c1-40(2)32-23-13-22-31(35(32)36-33(40)25-34(44-36)26-14-6-3-7-15-26)29-20-12-21-30(24-29)39-42-37(27-16-8-4-9-17-27)41-38(43-39)28-18-10-5-11-19-28/h3-25H,1-2H3. The van der Waals surface area contributed by atoms with Crippen LogP contribution in [-0.4, -0.2) is 15.0 Å². The minimum atomic E-state index is -0.0782. The third-order valence-corrected chi connectivity index (χ3v) is 9.76. The number of nitrogens with zero attached hydrogens (tertiary/aromatic N) is 3. The zero-order valence-electron chi connectivity index (χ0n) is 24.5. The van der Waals surface area contributed by atoms with E-state index in [0.717, 1.165) is 22.3 Å². The molecule has 210 valence electrons. The molecule has 1 aliphatic rings. The van der Waals surface area contributed by atoms with Gasteiger partial charge in [-0.05, 0) is 39.9 Å². The van der Waals surface area contributed by atoms with E-state index in [4.69, 9.17) is 15.0 Å². The van der Waals surface area contributed by atoms with Gasteiger partial charge in [0.15, 0.2) is 17.5 Å². The van der Waals surface area contributed by atoms with Crippen LogP contribution in [0.25, 0.3) is 66.2 Å². The lowest BCUT2D eigenvalue weighted by Gasteiger charge is -2.21. The first-order valence-electron chi connectivity index (χ1n) is 14.9. The van der Waals surface area contributed by atoms with E-state index in [1.54, 1.807) is 0 Å². The highest BCUT2D eigenvalue weighted by atomic mass is 32.1. The maximum Gasteiger partial charge on any atom is 0.164 e. The molecule has 0 N–H and O–H groups in total. The SMILES string of the molecule is CC1(C)c2cc(-c3ccccc3)sc2-c2c(-c3cccc(-c4nc(-c5ccccc5)nc(-c5ccccc5)n4)c3)cccc21. The van der Waals surface area contributed by atoms with Gasteiger partial charge in [-0.2, -0.15) is 0 Å². The third-order valence-electron chi connectivity index (χ3n) is 8.56. The summed E-state index contributed by atoms with van der Waals surface area (Å²) in [7, 11) is 0. The second-order valence-electron chi connectivity index (χ2n) is 11.7. The van der Waals surface area contributed by atoms with E-state index in [2.05, 4.69) is 92.7 Å². The lowest BCUT2D eigenvalue weighted by atomic mass is 9.82. The molecular formula is C40H29N3S. The Morgan fingerprint density at radius 1 is 0.455 bits per heavy atom. The molecule has 0 amide bonds. The number of hydrogen-bond acceptors (Lipinski definition) is 4. The lowest BCUT2D eigenvalue weighted by Crippen LogP contribution is -2.14. The fourth-order valence-electron chi connectivity index (χ4n) is 6.25. The summed E-state index contributed by atoms with van der Waals surface area (Å²) in [6.45, 7) is 4.70. The summed E-state index contributed by atoms with van der Waals surface area (Å²) < 4.78 is 0. The van der Waals surface area contributed by atoms with Crippen LogP contribution in [0.4, 0.5) is 0 Å². The van der Waals surface area contributed by atoms with Crippen LogP contribution in [0.5, 0.6) is 0 Å². The third kappa shape index (κ3) is 4.47. The number of benzene rings is 5. The molecule has 1 aliphatic carbocycles. The fourth-order valence-corrected chi connectivity index (χ4v) is 7.65. The Balaban J connectivity index is 1.27. The van der Waals surface area contributed by atoms with Crippen LogP contribution < -0.4 is 0 Å². The van der Waals surface area contributed by atoms with Crippen molar-refractivity contribution in [2.45, 2.75) is 19.3 Å². The Bertz CT molecular complexity index is 2070. The van der Waals surface area contributed by atoms with Gasteiger partial charge in [-0.15, -0.1) is 11.3 Å². The van der Waals surface area contributed by atoms with Crippen LogP contribution in [0.2, 0.25) is 0 Å². The normalized spacial score (nSPS) is 13.0. The van der Waals surface area contributed by atoms with Gasteiger partial charge < -0.3 is 0 Å². The average Bonchev–Trinajstić information content (AvgIpc) is 3.63. The van der Waals surface area contributed by atoms with Crippen molar-refractivity contribution in [3.05, 3.63) is 151 Å². The summed E-state index contributed by atoms with van der Waals surface area (Å²) in [4.78, 5) is 17.5. The van der Waals surface area contributed by atoms with Crippen LogP contribution >= 0.6 is 11.3 Å². The molecule has 0 saturated carbocycles. The second-order valence-corrected chi connectivity index (χ2v) is 12.7. The molecule has 0 atom stereocenters. The largest absolute Gasteiger partial charge is 0.208 e. The molecule has 5 aromatic carbocycles. The van der Waals surface area contributed by atoms with E-state index in [1.807, 2.05) is 72.0 Å². The van der Waals surface area contributed by atoms with Gasteiger partial charge in [0.1, 0.15) is 0 Å². The number of hydrogen-bond donors (Lipinski definition) is 0. The minimum absolute atomic E-state index is 0.0782. The second kappa shape index (κ2) is 10.5. The van der Waals surface area contributed by atoms with E-state index in [-0.39, 0.29) is 5.41 Å².